The Bertz CT molecular complexity index is 927. The molecule has 0 spiro atoms. The van der Waals surface area contributed by atoms with Gasteiger partial charge in [-0.25, -0.2) is 4.98 Å². The lowest BCUT2D eigenvalue weighted by Gasteiger charge is -2.14. The van der Waals surface area contributed by atoms with Gasteiger partial charge in [0.2, 0.25) is 0 Å². The number of rotatable bonds is 5. The average molecular weight is 389 g/mol. The van der Waals surface area contributed by atoms with E-state index in [1.54, 1.807) is 0 Å². The molecular weight excluding hydrogens is 368 g/mol. The third kappa shape index (κ3) is 4.17. The van der Waals surface area contributed by atoms with E-state index in [1.165, 1.54) is 11.3 Å². The molecule has 1 heterocycles. The van der Waals surface area contributed by atoms with Crippen LogP contribution in [0.1, 0.15) is 36.5 Å². The van der Waals surface area contributed by atoms with Crippen molar-refractivity contribution in [3.63, 3.8) is 0 Å². The molecule has 1 amide bonds. The lowest BCUT2D eigenvalue weighted by Crippen LogP contribution is -2.20. The molecule has 3 aromatic rings. The Hall–Kier alpha value is -2.11. The molecule has 4 nitrogen and oxygen atoms in total. The summed E-state index contributed by atoms with van der Waals surface area (Å²) in [4.78, 5) is 16.7. The molecule has 26 heavy (non-hydrogen) atoms. The van der Waals surface area contributed by atoms with E-state index in [-0.39, 0.29) is 12.5 Å². The maximum atomic E-state index is 12.3. The van der Waals surface area contributed by atoms with Crippen molar-refractivity contribution in [2.45, 2.75) is 33.6 Å². The highest BCUT2D eigenvalue weighted by atomic mass is 35.5. The van der Waals surface area contributed by atoms with Crippen molar-refractivity contribution in [2.75, 3.05) is 11.9 Å². The number of carbonyl (C=O) groups is 1. The number of fused-ring (bicyclic) bond motifs is 1. The zero-order valence-corrected chi connectivity index (χ0v) is 16.8. The Morgan fingerprint density at radius 3 is 2.77 bits per heavy atom. The number of carbonyl (C=O) groups excluding carboxylic acids is 1. The van der Waals surface area contributed by atoms with Crippen LogP contribution >= 0.6 is 22.9 Å². The van der Waals surface area contributed by atoms with Gasteiger partial charge in [-0.1, -0.05) is 48.9 Å². The number of aryl methyl sites for hydroxylation is 2. The number of halogens is 1. The van der Waals surface area contributed by atoms with Gasteiger partial charge in [-0.15, -0.1) is 0 Å². The van der Waals surface area contributed by atoms with Crippen LogP contribution in [0.3, 0.4) is 0 Å². The third-order valence-electron chi connectivity index (χ3n) is 4.07. The van der Waals surface area contributed by atoms with E-state index in [1.807, 2.05) is 38.1 Å². The van der Waals surface area contributed by atoms with E-state index >= 15 is 0 Å². The summed E-state index contributed by atoms with van der Waals surface area (Å²) >= 11 is 7.55. The standard InChI is InChI=1S/C20H21ClN2O2S/c1-11(2)14-6-5-12(3)7-17(14)25-10-19(24)23-20-22-16-9-15(21)13(4)8-18(16)26-20/h5-9,11H,10H2,1-4H3,(H,22,23,24). The number of amides is 1. The summed E-state index contributed by atoms with van der Waals surface area (Å²) in [6.45, 7) is 8.10. The topological polar surface area (TPSA) is 51.2 Å². The maximum Gasteiger partial charge on any atom is 0.264 e. The monoisotopic (exact) mass is 388 g/mol. The minimum absolute atomic E-state index is 0.0567. The lowest BCUT2D eigenvalue weighted by molar-refractivity contribution is -0.118. The molecule has 0 aliphatic rings. The average Bonchev–Trinajstić information content (AvgIpc) is 2.94. The first-order valence-electron chi connectivity index (χ1n) is 8.43. The van der Waals surface area contributed by atoms with Crippen LogP contribution in [0.15, 0.2) is 30.3 Å². The quantitative estimate of drug-likeness (QED) is 0.609. The predicted octanol–water partition coefficient (Wildman–Crippen LogP) is 5.71. The number of nitrogens with zero attached hydrogens (tertiary/aromatic N) is 1. The molecular formula is C20H21ClN2O2S. The van der Waals surface area contributed by atoms with Crippen molar-refractivity contribution >= 4 is 44.2 Å². The number of hydrogen-bond donors (Lipinski definition) is 1. The summed E-state index contributed by atoms with van der Waals surface area (Å²) in [5.41, 5.74) is 3.96. The van der Waals surface area contributed by atoms with Crippen molar-refractivity contribution < 1.29 is 9.53 Å². The molecule has 3 rings (SSSR count). The van der Waals surface area contributed by atoms with Crippen molar-refractivity contribution in [3.8, 4) is 5.75 Å². The third-order valence-corrected chi connectivity index (χ3v) is 5.41. The fraction of sp³-hybridized carbons (Fsp3) is 0.300. The molecule has 0 saturated heterocycles. The van der Waals surface area contributed by atoms with Crippen LogP contribution in [-0.4, -0.2) is 17.5 Å². The van der Waals surface area contributed by atoms with Crippen LogP contribution in [0, 0.1) is 13.8 Å². The van der Waals surface area contributed by atoms with E-state index in [4.69, 9.17) is 16.3 Å². The van der Waals surface area contributed by atoms with Gasteiger partial charge < -0.3 is 4.74 Å². The lowest BCUT2D eigenvalue weighted by atomic mass is 10.0. The molecule has 0 radical (unpaired) electrons. The summed E-state index contributed by atoms with van der Waals surface area (Å²) in [5.74, 6) is 0.843. The molecule has 136 valence electrons. The molecule has 6 heteroatoms. The molecule has 1 aromatic heterocycles. The number of thiazole rings is 1. The molecule has 0 saturated carbocycles. The zero-order valence-electron chi connectivity index (χ0n) is 15.2. The Kier molecular flexibility index (Phi) is 5.49. The Morgan fingerprint density at radius 2 is 2.04 bits per heavy atom. The van der Waals surface area contributed by atoms with E-state index in [0.29, 0.717) is 16.1 Å². The summed E-state index contributed by atoms with van der Waals surface area (Å²) < 4.78 is 6.76. The second-order valence-corrected chi connectivity index (χ2v) is 8.06. The van der Waals surface area contributed by atoms with E-state index in [0.717, 1.165) is 32.7 Å². The molecule has 0 bridgehead atoms. The number of anilines is 1. The summed E-state index contributed by atoms with van der Waals surface area (Å²) in [6.07, 6.45) is 0. The first-order valence-corrected chi connectivity index (χ1v) is 9.63. The van der Waals surface area contributed by atoms with Crippen LogP contribution in [0.2, 0.25) is 5.02 Å². The minimum Gasteiger partial charge on any atom is -0.483 e. The van der Waals surface area contributed by atoms with Gasteiger partial charge in [0.15, 0.2) is 11.7 Å². The fourth-order valence-electron chi connectivity index (χ4n) is 2.65. The number of nitrogens with one attached hydrogen (secondary N) is 1. The van der Waals surface area contributed by atoms with Crippen LogP contribution in [0.5, 0.6) is 5.75 Å². The highest BCUT2D eigenvalue weighted by Crippen LogP contribution is 2.31. The Balaban J connectivity index is 1.69. The number of ether oxygens (including phenoxy) is 1. The summed E-state index contributed by atoms with van der Waals surface area (Å²) in [6, 6.07) is 9.86. The maximum absolute atomic E-state index is 12.3. The van der Waals surface area contributed by atoms with Gasteiger partial charge >= 0.3 is 0 Å². The first kappa shape index (κ1) is 18.7. The largest absolute Gasteiger partial charge is 0.483 e. The zero-order chi connectivity index (χ0) is 18.8. The van der Waals surface area contributed by atoms with Gasteiger partial charge in [0.05, 0.1) is 10.2 Å². The molecule has 2 aromatic carbocycles. The predicted molar refractivity (Wildman–Crippen MR) is 109 cm³/mol. The molecule has 0 aliphatic carbocycles. The van der Waals surface area contributed by atoms with E-state index in [9.17, 15) is 4.79 Å². The van der Waals surface area contributed by atoms with Crippen LogP contribution in [0.4, 0.5) is 5.13 Å². The van der Waals surface area contributed by atoms with Gasteiger partial charge in [-0.2, -0.15) is 0 Å². The van der Waals surface area contributed by atoms with Gasteiger partial charge in [-0.3, -0.25) is 10.1 Å². The SMILES string of the molecule is Cc1ccc(C(C)C)c(OCC(=O)Nc2nc3cc(Cl)c(C)cc3s2)c1. The number of aromatic nitrogens is 1. The highest BCUT2D eigenvalue weighted by molar-refractivity contribution is 7.22. The number of benzene rings is 2. The molecule has 0 fully saturated rings. The Labute approximate surface area is 162 Å². The molecule has 0 atom stereocenters. The van der Waals surface area contributed by atoms with Gasteiger partial charge in [0.25, 0.3) is 5.91 Å². The van der Waals surface area contributed by atoms with Gasteiger partial charge in [0.1, 0.15) is 5.75 Å². The van der Waals surface area contributed by atoms with E-state index in [2.05, 4.69) is 30.2 Å². The van der Waals surface area contributed by atoms with Gasteiger partial charge in [-0.05, 0) is 54.7 Å². The Morgan fingerprint density at radius 1 is 1.27 bits per heavy atom. The van der Waals surface area contributed by atoms with Crippen molar-refractivity contribution in [2.24, 2.45) is 0 Å². The second kappa shape index (κ2) is 7.64. The van der Waals surface area contributed by atoms with Crippen LogP contribution in [0.25, 0.3) is 10.2 Å². The van der Waals surface area contributed by atoms with Crippen molar-refractivity contribution in [1.29, 1.82) is 0 Å². The molecule has 1 N–H and O–H groups in total. The van der Waals surface area contributed by atoms with Crippen LogP contribution < -0.4 is 10.1 Å². The normalized spacial score (nSPS) is 11.2. The smallest absolute Gasteiger partial charge is 0.264 e. The van der Waals surface area contributed by atoms with Crippen LogP contribution in [-0.2, 0) is 4.79 Å². The van der Waals surface area contributed by atoms with Crippen molar-refractivity contribution in [1.82, 2.24) is 4.98 Å². The second-order valence-electron chi connectivity index (χ2n) is 6.62. The van der Waals surface area contributed by atoms with Gasteiger partial charge in [0, 0.05) is 5.02 Å². The number of hydrogen-bond acceptors (Lipinski definition) is 4. The first-order chi connectivity index (χ1) is 12.3. The van der Waals surface area contributed by atoms with E-state index < -0.39 is 0 Å². The molecule has 0 unspecified atom stereocenters. The highest BCUT2D eigenvalue weighted by Gasteiger charge is 2.13. The summed E-state index contributed by atoms with van der Waals surface area (Å²) in [7, 11) is 0. The van der Waals surface area contributed by atoms with Crippen molar-refractivity contribution in [3.05, 3.63) is 52.0 Å². The summed E-state index contributed by atoms with van der Waals surface area (Å²) in [5, 5.41) is 4.02. The fourth-order valence-corrected chi connectivity index (χ4v) is 3.77. The minimum atomic E-state index is -0.233. The molecule has 0 aliphatic heterocycles.